The molecule has 0 spiro atoms. The zero-order valence-electron chi connectivity index (χ0n) is 7.16. The van der Waals surface area contributed by atoms with Crippen LogP contribution >= 0.6 is 0 Å². The van der Waals surface area contributed by atoms with Gasteiger partial charge in [-0.05, 0) is 12.8 Å². The molecule has 0 radical (unpaired) electrons. The molecular weight excluding hydrogens is 170 g/mol. The van der Waals surface area contributed by atoms with Crippen molar-refractivity contribution in [3.05, 3.63) is 11.8 Å². The van der Waals surface area contributed by atoms with Crippen molar-refractivity contribution >= 4 is 11.8 Å². The minimum absolute atomic E-state index is 0.155. The molecule has 5 nitrogen and oxygen atoms in total. The second-order valence-corrected chi connectivity index (χ2v) is 3.14. The van der Waals surface area contributed by atoms with Crippen LogP contribution in [0.2, 0.25) is 0 Å². The molecule has 0 amide bonds. The van der Waals surface area contributed by atoms with E-state index in [4.69, 9.17) is 5.11 Å². The summed E-state index contributed by atoms with van der Waals surface area (Å²) in [5.74, 6) is -0.215. The Bertz CT molecular complexity index is 315. The average Bonchev–Trinajstić information content (AvgIpc) is 2.75. The van der Waals surface area contributed by atoms with Crippen molar-refractivity contribution in [1.29, 1.82) is 0 Å². The highest BCUT2D eigenvalue weighted by atomic mass is 16.4. The van der Waals surface area contributed by atoms with Crippen molar-refractivity contribution in [1.82, 2.24) is 10.2 Å². The monoisotopic (exact) mass is 181 g/mol. The molecule has 1 aromatic rings. The highest BCUT2D eigenvalue weighted by Crippen LogP contribution is 2.17. The Morgan fingerprint density at radius 3 is 2.77 bits per heavy atom. The van der Waals surface area contributed by atoms with Crippen molar-refractivity contribution in [3.8, 4) is 0 Å². The van der Waals surface area contributed by atoms with E-state index in [1.165, 1.54) is 0 Å². The molecule has 5 heteroatoms. The van der Waals surface area contributed by atoms with Crippen LogP contribution in [0.1, 0.15) is 23.3 Å². The smallest absolute Gasteiger partial charge is 0.353 e. The highest BCUT2D eigenvalue weighted by molar-refractivity contribution is 5.86. The Kier molecular flexibility index (Phi) is 1.92. The number of aromatic nitrogens is 2. The van der Waals surface area contributed by atoms with Crippen LogP contribution in [0.15, 0.2) is 6.07 Å². The highest BCUT2D eigenvalue weighted by Gasteiger charge is 2.16. The normalized spacial score (nSPS) is 16.5. The summed E-state index contributed by atoms with van der Waals surface area (Å²) in [4.78, 5) is 12.6. The van der Waals surface area contributed by atoms with Gasteiger partial charge in [0.1, 0.15) is 5.69 Å². The predicted octanol–water partition coefficient (Wildman–Crippen LogP) is 0.708. The third-order valence-corrected chi connectivity index (χ3v) is 2.22. The number of nitrogens with one attached hydrogen (secondary N) is 1. The Balaban J connectivity index is 2.16. The van der Waals surface area contributed by atoms with E-state index in [1.54, 1.807) is 6.07 Å². The van der Waals surface area contributed by atoms with E-state index in [0.29, 0.717) is 0 Å². The van der Waals surface area contributed by atoms with Crippen LogP contribution in [-0.4, -0.2) is 34.4 Å². The van der Waals surface area contributed by atoms with Crippen LogP contribution in [0, 0.1) is 0 Å². The maximum Gasteiger partial charge on any atom is 0.353 e. The summed E-state index contributed by atoms with van der Waals surface area (Å²) >= 11 is 0. The lowest BCUT2D eigenvalue weighted by molar-refractivity contribution is 0.0690. The molecule has 2 heterocycles. The Hall–Kier alpha value is -1.52. The van der Waals surface area contributed by atoms with Crippen molar-refractivity contribution in [2.45, 2.75) is 12.8 Å². The van der Waals surface area contributed by atoms with Crippen molar-refractivity contribution in [3.63, 3.8) is 0 Å². The number of carboxylic acids is 1. The molecule has 1 aliphatic rings. The number of hydrogen-bond donors (Lipinski definition) is 2. The quantitative estimate of drug-likeness (QED) is 0.705. The van der Waals surface area contributed by atoms with Crippen LogP contribution < -0.4 is 4.90 Å². The summed E-state index contributed by atoms with van der Waals surface area (Å²) in [6.45, 7) is 1.95. The fraction of sp³-hybridized carbons (Fsp3) is 0.500. The lowest BCUT2D eigenvalue weighted by atomic mass is 10.4. The first-order valence-corrected chi connectivity index (χ1v) is 4.31. The Morgan fingerprint density at radius 1 is 1.54 bits per heavy atom. The van der Waals surface area contributed by atoms with E-state index in [0.717, 1.165) is 31.7 Å². The average molecular weight is 181 g/mol. The molecule has 70 valence electrons. The van der Waals surface area contributed by atoms with Gasteiger partial charge < -0.3 is 10.0 Å². The molecular formula is C8H11N3O2. The summed E-state index contributed by atoms with van der Waals surface area (Å²) in [6.07, 6.45) is 2.32. The van der Waals surface area contributed by atoms with Crippen LogP contribution in [0.3, 0.4) is 0 Å². The van der Waals surface area contributed by atoms with Crippen molar-refractivity contribution in [2.24, 2.45) is 0 Å². The fourth-order valence-electron chi connectivity index (χ4n) is 1.53. The van der Waals surface area contributed by atoms with Gasteiger partial charge >= 0.3 is 5.97 Å². The zero-order chi connectivity index (χ0) is 9.26. The third kappa shape index (κ3) is 1.49. The molecule has 0 atom stereocenters. The zero-order valence-corrected chi connectivity index (χ0v) is 7.16. The van der Waals surface area contributed by atoms with Crippen molar-refractivity contribution in [2.75, 3.05) is 18.0 Å². The molecule has 0 aromatic carbocycles. The van der Waals surface area contributed by atoms with Crippen molar-refractivity contribution < 1.29 is 9.90 Å². The van der Waals surface area contributed by atoms with Gasteiger partial charge in [-0.1, -0.05) is 0 Å². The molecule has 0 bridgehead atoms. The van der Waals surface area contributed by atoms with Gasteiger partial charge in [-0.2, -0.15) is 5.10 Å². The van der Waals surface area contributed by atoms with Crippen LogP contribution in [0.5, 0.6) is 0 Å². The SMILES string of the molecule is O=C(O)c1cc(N2CCCC2)n[nH]1. The second-order valence-electron chi connectivity index (χ2n) is 3.14. The van der Waals surface area contributed by atoms with E-state index >= 15 is 0 Å². The second kappa shape index (κ2) is 3.08. The topological polar surface area (TPSA) is 69.2 Å². The summed E-state index contributed by atoms with van der Waals surface area (Å²) in [5, 5.41) is 15.1. The van der Waals surface area contributed by atoms with E-state index in [9.17, 15) is 4.79 Å². The largest absolute Gasteiger partial charge is 0.477 e. The number of hydrogen-bond acceptors (Lipinski definition) is 3. The van der Waals surface area contributed by atoms with E-state index in [2.05, 4.69) is 15.1 Å². The van der Waals surface area contributed by atoms with Crippen LogP contribution in [0.4, 0.5) is 5.82 Å². The van der Waals surface area contributed by atoms with Gasteiger partial charge in [-0.25, -0.2) is 4.79 Å². The molecule has 0 aliphatic carbocycles. The first-order chi connectivity index (χ1) is 6.27. The molecule has 1 fully saturated rings. The van der Waals surface area contributed by atoms with Gasteiger partial charge in [0.05, 0.1) is 0 Å². The van der Waals surface area contributed by atoms with E-state index in [-0.39, 0.29) is 5.69 Å². The number of aromatic amines is 1. The molecule has 1 aliphatic heterocycles. The van der Waals surface area contributed by atoms with E-state index < -0.39 is 5.97 Å². The summed E-state index contributed by atoms with van der Waals surface area (Å²) < 4.78 is 0. The van der Waals surface area contributed by atoms with Gasteiger partial charge in [-0.15, -0.1) is 0 Å². The summed E-state index contributed by atoms with van der Waals surface area (Å²) in [7, 11) is 0. The number of nitrogens with zero attached hydrogens (tertiary/aromatic N) is 2. The number of carbonyl (C=O) groups is 1. The van der Waals surface area contributed by atoms with Gasteiger partial charge in [0.25, 0.3) is 0 Å². The Morgan fingerprint density at radius 2 is 2.23 bits per heavy atom. The number of rotatable bonds is 2. The number of aromatic carboxylic acids is 1. The maximum absolute atomic E-state index is 10.5. The lowest BCUT2D eigenvalue weighted by Gasteiger charge is -2.12. The van der Waals surface area contributed by atoms with Gasteiger partial charge in [-0.3, -0.25) is 5.10 Å². The van der Waals surface area contributed by atoms with Crippen LogP contribution in [0.25, 0.3) is 0 Å². The first kappa shape index (κ1) is 8.10. The fourth-order valence-corrected chi connectivity index (χ4v) is 1.53. The summed E-state index contributed by atoms with van der Waals surface area (Å²) in [6, 6.07) is 1.58. The van der Waals surface area contributed by atoms with Gasteiger partial charge in [0, 0.05) is 19.2 Å². The maximum atomic E-state index is 10.5. The van der Waals surface area contributed by atoms with Gasteiger partial charge in [0.15, 0.2) is 5.82 Å². The van der Waals surface area contributed by atoms with Gasteiger partial charge in [0.2, 0.25) is 0 Å². The minimum atomic E-state index is -0.960. The minimum Gasteiger partial charge on any atom is -0.477 e. The number of H-pyrrole nitrogens is 1. The number of anilines is 1. The summed E-state index contributed by atoms with van der Waals surface area (Å²) in [5.41, 5.74) is 0.155. The lowest BCUT2D eigenvalue weighted by Crippen LogP contribution is -2.17. The molecule has 1 saturated heterocycles. The van der Waals surface area contributed by atoms with E-state index in [1.807, 2.05) is 0 Å². The Labute approximate surface area is 75.4 Å². The number of carboxylic acid groups (broad SMARTS) is 1. The third-order valence-electron chi connectivity index (χ3n) is 2.22. The first-order valence-electron chi connectivity index (χ1n) is 4.31. The molecule has 13 heavy (non-hydrogen) atoms. The molecule has 2 N–H and O–H groups in total. The standard InChI is InChI=1S/C8H11N3O2/c12-8(13)6-5-7(10-9-6)11-3-1-2-4-11/h5H,1-4H2,(H,9,10)(H,12,13). The predicted molar refractivity (Wildman–Crippen MR) is 47.0 cm³/mol. The molecule has 0 unspecified atom stereocenters. The van der Waals surface area contributed by atoms with Crippen LogP contribution in [-0.2, 0) is 0 Å². The molecule has 2 rings (SSSR count). The molecule has 1 aromatic heterocycles. The molecule has 0 saturated carbocycles.